The zero-order chi connectivity index (χ0) is 26.1. The number of nitrogens with one attached hydrogen (secondary N) is 1. The molecular formula is C28H24FN7O2. The number of fused-ring (bicyclic) bond motifs is 3. The summed E-state index contributed by atoms with van der Waals surface area (Å²) < 4.78 is 23.9. The predicted octanol–water partition coefficient (Wildman–Crippen LogP) is 3.54. The normalized spacial score (nSPS) is 14.1. The van der Waals surface area contributed by atoms with Crippen molar-refractivity contribution in [2.24, 2.45) is 5.92 Å². The first-order valence-corrected chi connectivity index (χ1v) is 12.5. The van der Waals surface area contributed by atoms with Gasteiger partial charge in [0.1, 0.15) is 5.82 Å². The highest BCUT2D eigenvalue weighted by Crippen LogP contribution is 2.23. The van der Waals surface area contributed by atoms with Crippen LogP contribution in [0.1, 0.15) is 24.0 Å². The molecule has 1 N–H and O–H groups in total. The summed E-state index contributed by atoms with van der Waals surface area (Å²) in [7, 11) is 0. The van der Waals surface area contributed by atoms with Crippen molar-refractivity contribution in [3.05, 3.63) is 88.4 Å². The summed E-state index contributed by atoms with van der Waals surface area (Å²) in [6.07, 6.45) is 7.04. The summed E-state index contributed by atoms with van der Waals surface area (Å²) in [5, 5.41) is 12.6. The highest BCUT2D eigenvalue weighted by molar-refractivity contribution is 5.81. The lowest BCUT2D eigenvalue weighted by molar-refractivity contribution is 0.214. The number of rotatable bonds is 6. The van der Waals surface area contributed by atoms with Crippen LogP contribution in [0, 0.1) is 23.1 Å². The molecule has 9 nitrogen and oxygen atoms in total. The molecule has 0 radical (unpaired) electrons. The third-order valence-electron chi connectivity index (χ3n) is 6.88. The molecule has 0 amide bonds. The molecule has 0 unspecified atom stereocenters. The van der Waals surface area contributed by atoms with Crippen LogP contribution in [0.3, 0.4) is 0 Å². The van der Waals surface area contributed by atoms with E-state index in [1.807, 2.05) is 0 Å². The van der Waals surface area contributed by atoms with Crippen LogP contribution in [0.25, 0.3) is 28.2 Å². The molecule has 0 saturated carbocycles. The lowest BCUT2D eigenvalue weighted by Gasteiger charge is -2.22. The van der Waals surface area contributed by atoms with E-state index in [0.29, 0.717) is 57.6 Å². The fourth-order valence-corrected chi connectivity index (χ4v) is 4.77. The van der Waals surface area contributed by atoms with Crippen molar-refractivity contribution in [3.63, 3.8) is 0 Å². The van der Waals surface area contributed by atoms with Crippen molar-refractivity contribution >= 4 is 16.8 Å². The molecule has 2 aromatic carbocycles. The van der Waals surface area contributed by atoms with Crippen molar-refractivity contribution in [3.8, 4) is 23.2 Å². The van der Waals surface area contributed by atoms with Crippen LogP contribution in [0.15, 0.2) is 65.8 Å². The van der Waals surface area contributed by atoms with Crippen LogP contribution in [-0.2, 0) is 6.54 Å². The van der Waals surface area contributed by atoms with Gasteiger partial charge >= 0.3 is 0 Å². The summed E-state index contributed by atoms with van der Waals surface area (Å²) in [6, 6.07) is 13.2. The summed E-state index contributed by atoms with van der Waals surface area (Å²) in [6.45, 7) is 2.62. The lowest BCUT2D eigenvalue weighted by atomic mass is 9.99. The first-order chi connectivity index (χ1) is 18.6. The van der Waals surface area contributed by atoms with Crippen molar-refractivity contribution in [1.29, 1.82) is 5.26 Å². The van der Waals surface area contributed by atoms with E-state index in [-0.39, 0.29) is 12.1 Å². The van der Waals surface area contributed by atoms with E-state index in [4.69, 9.17) is 4.74 Å². The Labute approximate surface area is 217 Å². The van der Waals surface area contributed by atoms with Gasteiger partial charge in [-0.05, 0) is 68.2 Å². The number of aromatic nitrogens is 5. The number of ether oxygens (including phenoxy) is 1. The van der Waals surface area contributed by atoms with Crippen LogP contribution in [0.4, 0.5) is 4.39 Å². The van der Waals surface area contributed by atoms with E-state index >= 15 is 0 Å². The topological polar surface area (TPSA) is 110 Å². The molecule has 6 rings (SSSR count). The Bertz CT molecular complexity index is 1730. The summed E-state index contributed by atoms with van der Waals surface area (Å²) >= 11 is 0. The number of nitrogens with zero attached hydrogens (tertiary/aromatic N) is 6. The molecule has 1 fully saturated rings. The molecule has 1 aliphatic rings. The second-order valence-electron chi connectivity index (χ2n) is 9.39. The maximum atomic E-state index is 14.9. The van der Waals surface area contributed by atoms with Gasteiger partial charge in [0.2, 0.25) is 5.78 Å². The van der Waals surface area contributed by atoms with Gasteiger partial charge in [0.15, 0.2) is 11.6 Å². The van der Waals surface area contributed by atoms with Gasteiger partial charge in [-0.2, -0.15) is 5.26 Å². The number of hydrogen-bond donors (Lipinski definition) is 1. The van der Waals surface area contributed by atoms with E-state index in [0.717, 1.165) is 25.9 Å². The quantitative estimate of drug-likeness (QED) is 0.373. The van der Waals surface area contributed by atoms with Crippen molar-refractivity contribution in [2.45, 2.75) is 19.4 Å². The molecule has 38 heavy (non-hydrogen) atoms. The molecule has 3 aromatic heterocycles. The molecule has 190 valence electrons. The van der Waals surface area contributed by atoms with E-state index in [9.17, 15) is 14.4 Å². The zero-order valence-corrected chi connectivity index (χ0v) is 20.5. The van der Waals surface area contributed by atoms with Crippen molar-refractivity contribution < 1.29 is 9.13 Å². The maximum absolute atomic E-state index is 14.9. The molecule has 0 atom stereocenters. The van der Waals surface area contributed by atoms with Gasteiger partial charge in [-0.25, -0.2) is 19.3 Å². The van der Waals surface area contributed by atoms with Crippen LogP contribution in [-0.4, -0.2) is 43.6 Å². The number of benzene rings is 2. The Kier molecular flexibility index (Phi) is 6.27. The standard InChI is InChI=1S/C28H24FN7O2/c29-23-3-2-20(27-32-14-22(15-33-27)38-17-18-5-8-31-9-6-18)12-21(23)16-36-26(37)7-10-35-25-11-19(13-30)1-4-24(25)34-28(35)36/h1-4,7,10-12,14-15,18,31H,5-6,8-9,16-17H2. The first-order valence-electron chi connectivity index (χ1n) is 12.5. The van der Waals surface area contributed by atoms with Crippen LogP contribution in [0.2, 0.25) is 0 Å². The molecular weight excluding hydrogens is 485 g/mol. The Hall–Kier alpha value is -4.62. The largest absolute Gasteiger partial charge is 0.490 e. The molecule has 4 heterocycles. The fraction of sp³-hybridized carbons (Fsp3) is 0.250. The highest BCUT2D eigenvalue weighted by atomic mass is 19.1. The van der Waals surface area contributed by atoms with Gasteiger partial charge in [-0.15, -0.1) is 0 Å². The first kappa shape index (κ1) is 23.8. The Balaban J connectivity index is 1.27. The maximum Gasteiger partial charge on any atom is 0.255 e. The molecule has 1 saturated heterocycles. The second-order valence-corrected chi connectivity index (χ2v) is 9.39. The van der Waals surface area contributed by atoms with Gasteiger partial charge < -0.3 is 10.1 Å². The van der Waals surface area contributed by atoms with Crippen LogP contribution >= 0.6 is 0 Å². The average Bonchev–Trinajstić information content (AvgIpc) is 3.33. The minimum Gasteiger partial charge on any atom is -0.490 e. The fourth-order valence-electron chi connectivity index (χ4n) is 4.77. The van der Waals surface area contributed by atoms with E-state index < -0.39 is 5.82 Å². The number of halogens is 1. The third kappa shape index (κ3) is 4.60. The molecule has 0 aliphatic carbocycles. The monoisotopic (exact) mass is 509 g/mol. The van der Waals surface area contributed by atoms with Gasteiger partial charge in [-0.1, -0.05) is 0 Å². The number of piperidine rings is 1. The molecule has 10 heteroatoms. The summed E-state index contributed by atoms with van der Waals surface area (Å²) in [5.74, 6) is 1.45. The molecule has 0 spiro atoms. The molecule has 0 bridgehead atoms. The van der Waals surface area contributed by atoms with Gasteiger partial charge in [0.05, 0.1) is 48.2 Å². The molecule has 5 aromatic rings. The highest BCUT2D eigenvalue weighted by Gasteiger charge is 2.16. The third-order valence-corrected chi connectivity index (χ3v) is 6.88. The van der Waals surface area contributed by atoms with E-state index in [1.165, 1.54) is 16.7 Å². The van der Waals surface area contributed by atoms with Crippen LogP contribution < -0.4 is 15.6 Å². The number of nitriles is 1. The van der Waals surface area contributed by atoms with Gasteiger partial charge in [0.25, 0.3) is 5.56 Å². The minimum absolute atomic E-state index is 0.0330. The number of imidazole rings is 1. The van der Waals surface area contributed by atoms with E-state index in [1.54, 1.807) is 53.3 Å². The lowest BCUT2D eigenvalue weighted by Crippen LogP contribution is -2.30. The average molecular weight is 510 g/mol. The minimum atomic E-state index is -0.451. The SMILES string of the molecule is N#Cc1ccc2nc3n(Cc4cc(-c5ncc(OCC6CCNCC6)cn5)ccc4F)c(=O)ccn3c2c1. The smallest absolute Gasteiger partial charge is 0.255 e. The van der Waals surface area contributed by atoms with E-state index in [2.05, 4.69) is 26.3 Å². The van der Waals surface area contributed by atoms with Crippen LogP contribution in [0.5, 0.6) is 5.75 Å². The van der Waals surface area contributed by atoms with Crippen molar-refractivity contribution in [1.82, 2.24) is 29.2 Å². The van der Waals surface area contributed by atoms with Crippen molar-refractivity contribution in [2.75, 3.05) is 19.7 Å². The summed E-state index contributed by atoms with van der Waals surface area (Å²) in [5.41, 5.74) is 2.42. The Morgan fingerprint density at radius 2 is 1.92 bits per heavy atom. The van der Waals surface area contributed by atoms with Gasteiger partial charge in [-0.3, -0.25) is 13.8 Å². The molecule has 1 aliphatic heterocycles. The predicted molar refractivity (Wildman–Crippen MR) is 139 cm³/mol. The Morgan fingerprint density at radius 1 is 1.11 bits per heavy atom. The van der Waals surface area contributed by atoms with Gasteiger partial charge in [0, 0.05) is 23.4 Å². The zero-order valence-electron chi connectivity index (χ0n) is 20.5. The summed E-state index contributed by atoms with van der Waals surface area (Å²) in [4.78, 5) is 26.2. The number of hydrogen-bond acceptors (Lipinski definition) is 7. The second kappa shape index (κ2) is 10.0. The Morgan fingerprint density at radius 3 is 2.71 bits per heavy atom.